The average molecular weight is 515 g/mol. The maximum Gasteiger partial charge on any atom is 0.314 e. The molecule has 11 heteroatoms. The molecule has 0 heterocycles. The van der Waals surface area contributed by atoms with E-state index in [1.165, 1.54) is 4.31 Å². The van der Waals surface area contributed by atoms with Gasteiger partial charge in [0, 0.05) is 32.2 Å². The number of anilines is 1. The molecular weight excluding hydrogens is 487 g/mol. The largest absolute Gasteiger partial charge is 0.352 e. The lowest BCUT2D eigenvalue weighted by Gasteiger charge is -2.20. The van der Waals surface area contributed by atoms with Crippen molar-refractivity contribution in [3.63, 3.8) is 0 Å². The Morgan fingerprint density at radius 1 is 1.00 bits per heavy atom. The summed E-state index contributed by atoms with van der Waals surface area (Å²) >= 11 is 9.99. The summed E-state index contributed by atoms with van der Waals surface area (Å²) in [5.74, 6) is -0.215. The van der Waals surface area contributed by atoms with Crippen LogP contribution in [0.2, 0.25) is 10.0 Å². The van der Waals surface area contributed by atoms with Crippen molar-refractivity contribution < 1.29 is 18.4 Å². The van der Waals surface area contributed by atoms with Crippen molar-refractivity contribution in [1.29, 1.82) is 0 Å². The number of carbonyl (C=O) groups excluding carboxylic acids is 2. The first-order chi connectivity index (χ1) is 15.8. The number of nitrogens with zero attached hydrogens (tertiary/aromatic N) is 1. The van der Waals surface area contributed by atoms with Gasteiger partial charge in [0.25, 0.3) is 17.2 Å². The number of rotatable bonds is 12. The second-order valence-corrected chi connectivity index (χ2v) is 8.85. The molecule has 1 unspecified atom stereocenters. The monoisotopic (exact) mass is 514 g/mol. The Morgan fingerprint density at radius 3 is 2.30 bits per heavy atom. The molecule has 0 spiro atoms. The molecule has 0 bridgehead atoms. The first kappa shape index (κ1) is 26.9. The van der Waals surface area contributed by atoms with Crippen LogP contribution >= 0.6 is 23.2 Å². The molecule has 3 amide bonds. The van der Waals surface area contributed by atoms with Gasteiger partial charge < -0.3 is 16.0 Å². The van der Waals surface area contributed by atoms with Crippen molar-refractivity contribution in [3.05, 3.63) is 63.6 Å². The Hall–Kier alpha value is -2.33. The van der Waals surface area contributed by atoms with Crippen LogP contribution in [0.5, 0.6) is 0 Å². The number of benzene rings is 2. The number of hydrogen-bond acceptors (Lipinski definition) is 3. The van der Waals surface area contributed by atoms with Crippen LogP contribution in [0.1, 0.15) is 35.2 Å². The van der Waals surface area contributed by atoms with Crippen molar-refractivity contribution in [3.8, 4) is 0 Å². The smallest absolute Gasteiger partial charge is 0.314 e. The topological polar surface area (TPSA) is 111 Å². The van der Waals surface area contributed by atoms with Gasteiger partial charge in [-0.3, -0.25) is 13.7 Å². The summed E-state index contributed by atoms with van der Waals surface area (Å²) in [6.07, 6.45) is 2.92. The van der Waals surface area contributed by atoms with E-state index < -0.39 is 11.3 Å². The van der Waals surface area contributed by atoms with Gasteiger partial charge in [-0.15, -0.1) is 0 Å². The van der Waals surface area contributed by atoms with Crippen molar-refractivity contribution in [1.82, 2.24) is 16.0 Å². The first-order valence-corrected chi connectivity index (χ1v) is 12.3. The van der Waals surface area contributed by atoms with E-state index in [1.807, 2.05) is 6.07 Å². The van der Waals surface area contributed by atoms with Crippen LogP contribution in [0, 0.1) is 0 Å². The fourth-order valence-corrected chi connectivity index (χ4v) is 4.03. The fourth-order valence-electron chi connectivity index (χ4n) is 3.06. The predicted octanol–water partition coefficient (Wildman–Crippen LogP) is 4.01. The lowest BCUT2D eigenvalue weighted by Crippen LogP contribution is -2.33. The summed E-state index contributed by atoms with van der Waals surface area (Å²) in [6, 6.07) is 11.6. The van der Waals surface area contributed by atoms with E-state index in [9.17, 15) is 18.4 Å². The van der Waals surface area contributed by atoms with E-state index in [0.717, 1.165) is 24.8 Å². The zero-order chi connectivity index (χ0) is 24.2. The summed E-state index contributed by atoms with van der Waals surface area (Å²) in [4.78, 5) is 23.4. The lowest BCUT2D eigenvalue weighted by molar-refractivity contribution is 0.0953. The molecule has 0 aliphatic heterocycles. The number of halogens is 2. The molecule has 33 heavy (non-hydrogen) atoms. The summed E-state index contributed by atoms with van der Waals surface area (Å²) in [5, 5.41) is 8.91. The summed E-state index contributed by atoms with van der Waals surface area (Å²) in [5.41, 5.74) is 1.75. The minimum atomic E-state index is -2.24. The van der Waals surface area contributed by atoms with E-state index in [2.05, 4.69) is 16.0 Å². The van der Waals surface area contributed by atoms with E-state index in [-0.39, 0.29) is 18.5 Å². The van der Waals surface area contributed by atoms with Gasteiger partial charge in [0.05, 0.1) is 15.7 Å². The molecule has 2 aromatic rings. The van der Waals surface area contributed by atoms with Gasteiger partial charge in [-0.1, -0.05) is 35.3 Å². The summed E-state index contributed by atoms with van der Waals surface area (Å²) < 4.78 is 22.9. The SMILES string of the molecule is CNC(=O)NCCCCCNC(=O)c1ccc(N(CCc2cccc(Cl)c2Cl)S(=O)O)cc1. The molecule has 0 saturated carbocycles. The summed E-state index contributed by atoms with van der Waals surface area (Å²) in [6.45, 7) is 1.35. The molecular formula is C22H28Cl2N4O4S. The van der Waals surface area contributed by atoms with E-state index in [1.54, 1.807) is 43.4 Å². The lowest BCUT2D eigenvalue weighted by atomic mass is 10.1. The highest BCUT2D eigenvalue weighted by Crippen LogP contribution is 2.26. The highest BCUT2D eigenvalue weighted by molar-refractivity contribution is 7.80. The van der Waals surface area contributed by atoms with Gasteiger partial charge in [-0.05, 0) is 61.6 Å². The Kier molecular flexibility index (Phi) is 11.5. The molecule has 0 radical (unpaired) electrons. The van der Waals surface area contributed by atoms with Crippen LogP contribution < -0.4 is 20.3 Å². The molecule has 2 rings (SSSR count). The maximum atomic E-state index is 12.3. The van der Waals surface area contributed by atoms with Crippen molar-refractivity contribution in [2.45, 2.75) is 25.7 Å². The van der Waals surface area contributed by atoms with Crippen LogP contribution in [-0.2, 0) is 17.7 Å². The molecule has 0 fully saturated rings. The van der Waals surface area contributed by atoms with Gasteiger partial charge in [0.2, 0.25) is 0 Å². The van der Waals surface area contributed by atoms with E-state index in [0.29, 0.717) is 40.8 Å². The van der Waals surface area contributed by atoms with Crippen LogP contribution in [0.4, 0.5) is 10.5 Å². The van der Waals surface area contributed by atoms with Gasteiger partial charge in [-0.2, -0.15) is 0 Å². The zero-order valence-corrected chi connectivity index (χ0v) is 20.6. The molecule has 0 saturated heterocycles. The molecule has 8 nitrogen and oxygen atoms in total. The molecule has 180 valence electrons. The zero-order valence-electron chi connectivity index (χ0n) is 18.3. The molecule has 0 aliphatic carbocycles. The second kappa shape index (κ2) is 14.0. The van der Waals surface area contributed by atoms with Crippen molar-refractivity contribution in [2.75, 3.05) is 31.0 Å². The highest BCUT2D eigenvalue weighted by Gasteiger charge is 2.15. The fraction of sp³-hybridized carbons (Fsp3) is 0.364. The quantitative estimate of drug-likeness (QED) is 0.253. The number of nitrogens with one attached hydrogen (secondary N) is 3. The molecule has 0 aliphatic rings. The van der Waals surface area contributed by atoms with Gasteiger partial charge >= 0.3 is 6.03 Å². The number of unbranched alkanes of at least 4 members (excludes halogenated alkanes) is 2. The third kappa shape index (κ3) is 8.85. The van der Waals surface area contributed by atoms with Crippen LogP contribution in [0.3, 0.4) is 0 Å². The summed E-state index contributed by atoms with van der Waals surface area (Å²) in [7, 11) is 1.56. The third-order valence-corrected chi connectivity index (χ3v) is 6.50. The average Bonchev–Trinajstić information content (AvgIpc) is 2.81. The Labute approximate surface area is 206 Å². The van der Waals surface area contributed by atoms with Crippen LogP contribution in [0.25, 0.3) is 0 Å². The third-order valence-electron chi connectivity index (χ3n) is 4.87. The molecule has 2 aromatic carbocycles. The Bertz CT molecular complexity index is 960. The van der Waals surface area contributed by atoms with Gasteiger partial charge in [0.15, 0.2) is 0 Å². The number of urea groups is 1. The second-order valence-electron chi connectivity index (χ2n) is 7.17. The minimum Gasteiger partial charge on any atom is -0.352 e. The Morgan fingerprint density at radius 2 is 1.67 bits per heavy atom. The van der Waals surface area contributed by atoms with Crippen LogP contribution in [-0.4, -0.2) is 47.4 Å². The van der Waals surface area contributed by atoms with Crippen molar-refractivity contribution in [2.24, 2.45) is 0 Å². The van der Waals surface area contributed by atoms with E-state index in [4.69, 9.17) is 23.2 Å². The maximum absolute atomic E-state index is 12.3. The van der Waals surface area contributed by atoms with E-state index >= 15 is 0 Å². The molecule has 4 N–H and O–H groups in total. The standard InChI is InChI=1S/C22H28Cl2N4O4S/c1-25-22(30)27-14-4-2-3-13-26-21(29)17-8-10-18(11-9-17)28(33(31)32)15-12-16-6-5-7-19(23)20(16)24/h5-11H,2-4,12-15H2,1H3,(H,26,29)(H,31,32)(H2,25,27,30). The number of hydrogen-bond donors (Lipinski definition) is 4. The van der Waals surface area contributed by atoms with Crippen molar-refractivity contribution >= 4 is 52.1 Å². The predicted molar refractivity (Wildman–Crippen MR) is 133 cm³/mol. The minimum absolute atomic E-state index is 0.205. The number of amides is 3. The molecule has 0 aromatic heterocycles. The normalized spacial score (nSPS) is 11.5. The highest BCUT2D eigenvalue weighted by atomic mass is 35.5. The molecule has 1 atom stereocenters. The first-order valence-electron chi connectivity index (χ1n) is 10.5. The van der Waals surface area contributed by atoms with Gasteiger partial charge in [-0.25, -0.2) is 9.00 Å². The van der Waals surface area contributed by atoms with Crippen LogP contribution in [0.15, 0.2) is 42.5 Å². The Balaban J connectivity index is 1.83. The van der Waals surface area contributed by atoms with Gasteiger partial charge in [0.1, 0.15) is 0 Å². The number of carbonyl (C=O) groups is 2.